The van der Waals surface area contributed by atoms with E-state index in [0.29, 0.717) is 52.5 Å². The number of fused-ring (bicyclic) bond motifs is 1. The summed E-state index contributed by atoms with van der Waals surface area (Å²) >= 11 is 6.17. The summed E-state index contributed by atoms with van der Waals surface area (Å²) in [6.45, 7) is 1.33. The molecular weight excluding hydrogens is 458 g/mol. The lowest BCUT2D eigenvalue weighted by Crippen LogP contribution is -2.40. The molecule has 34 heavy (non-hydrogen) atoms. The molecule has 1 amide bonds. The first-order chi connectivity index (χ1) is 16.4. The lowest BCUT2D eigenvalue weighted by Gasteiger charge is -2.36. The lowest BCUT2D eigenvalue weighted by atomic mass is 9.79. The number of amides is 1. The first-order valence-electron chi connectivity index (χ1n) is 11.7. The van der Waals surface area contributed by atoms with Crippen molar-refractivity contribution in [2.75, 3.05) is 13.1 Å². The van der Waals surface area contributed by atoms with Crippen molar-refractivity contribution in [3.05, 3.63) is 82.5 Å². The average molecular weight is 483 g/mol. The van der Waals surface area contributed by atoms with Crippen LogP contribution >= 0.6 is 11.6 Å². The Labute approximate surface area is 201 Å². The molecule has 0 radical (unpaired) electrons. The van der Waals surface area contributed by atoms with E-state index >= 15 is 0 Å². The number of hydrogen-bond donors (Lipinski definition) is 0. The third kappa shape index (κ3) is 4.39. The highest BCUT2D eigenvalue weighted by Gasteiger charge is 2.30. The van der Waals surface area contributed by atoms with Crippen LogP contribution in [0.1, 0.15) is 52.8 Å². The van der Waals surface area contributed by atoms with Gasteiger partial charge in [0.25, 0.3) is 11.8 Å². The van der Waals surface area contributed by atoms with Crippen molar-refractivity contribution in [2.24, 2.45) is 11.8 Å². The van der Waals surface area contributed by atoms with Crippen molar-refractivity contribution < 1.29 is 18.4 Å². The van der Waals surface area contributed by atoms with Crippen LogP contribution in [0.15, 0.2) is 54.7 Å². The molecule has 2 heterocycles. The van der Waals surface area contributed by atoms with Gasteiger partial charge in [-0.3, -0.25) is 14.2 Å². The fraction of sp³-hybridized carbons (Fsp3) is 0.333. The standard InChI is InChI=1S/C27H25ClF2N2O2/c28-20-6-7-23-24(27(34)31-10-8-18(9-11-31)17-4-2-1-3-5-17)16-32(25(23)14-20)26(33)19-12-21(29)15-22(30)13-19/h2,4,6-7,12-18H,1,3,5,8-11H2. The molecule has 1 fully saturated rings. The van der Waals surface area contributed by atoms with E-state index in [-0.39, 0.29) is 11.5 Å². The van der Waals surface area contributed by atoms with Crippen LogP contribution in [0.2, 0.25) is 5.02 Å². The Morgan fingerprint density at radius 3 is 2.35 bits per heavy atom. The summed E-state index contributed by atoms with van der Waals surface area (Å²) < 4.78 is 28.7. The maximum absolute atomic E-state index is 13.7. The number of rotatable bonds is 3. The Bertz CT molecular complexity index is 1270. The van der Waals surface area contributed by atoms with Crippen LogP contribution in [0.5, 0.6) is 0 Å². The topological polar surface area (TPSA) is 42.3 Å². The second-order valence-corrected chi connectivity index (χ2v) is 9.63. The third-order valence-corrected chi connectivity index (χ3v) is 7.29. The molecule has 0 saturated carbocycles. The second-order valence-electron chi connectivity index (χ2n) is 9.19. The predicted octanol–water partition coefficient (Wildman–Crippen LogP) is 6.47. The van der Waals surface area contributed by atoms with Gasteiger partial charge in [0, 0.05) is 41.3 Å². The molecule has 7 heteroatoms. The third-order valence-electron chi connectivity index (χ3n) is 7.05. The number of benzene rings is 2. The van der Waals surface area contributed by atoms with E-state index in [1.54, 1.807) is 18.2 Å². The number of aromatic nitrogens is 1. The zero-order valence-corrected chi connectivity index (χ0v) is 19.4. The molecule has 1 aromatic heterocycles. The van der Waals surface area contributed by atoms with Crippen molar-refractivity contribution in [1.82, 2.24) is 9.47 Å². The van der Waals surface area contributed by atoms with E-state index in [9.17, 15) is 18.4 Å². The van der Waals surface area contributed by atoms with Gasteiger partial charge >= 0.3 is 0 Å². The Morgan fingerprint density at radius 2 is 1.68 bits per heavy atom. The van der Waals surface area contributed by atoms with E-state index in [1.165, 1.54) is 23.6 Å². The Hall–Kier alpha value is -2.99. The van der Waals surface area contributed by atoms with E-state index in [2.05, 4.69) is 12.2 Å². The first kappa shape index (κ1) is 22.8. The molecule has 1 atom stereocenters. The normalized spacial score (nSPS) is 19.0. The van der Waals surface area contributed by atoms with Gasteiger partial charge in [0.1, 0.15) is 11.6 Å². The van der Waals surface area contributed by atoms with Gasteiger partial charge in [-0.2, -0.15) is 0 Å². The van der Waals surface area contributed by atoms with Gasteiger partial charge in [-0.25, -0.2) is 8.78 Å². The number of hydrogen-bond acceptors (Lipinski definition) is 2. The monoisotopic (exact) mass is 482 g/mol. The lowest BCUT2D eigenvalue weighted by molar-refractivity contribution is 0.0668. The quantitative estimate of drug-likeness (QED) is 0.401. The van der Waals surface area contributed by atoms with Crippen LogP contribution < -0.4 is 0 Å². The maximum Gasteiger partial charge on any atom is 0.262 e. The van der Waals surface area contributed by atoms with Crippen LogP contribution in [0.4, 0.5) is 8.78 Å². The average Bonchev–Trinajstić information content (AvgIpc) is 3.21. The number of halogens is 3. The van der Waals surface area contributed by atoms with Gasteiger partial charge < -0.3 is 4.90 Å². The van der Waals surface area contributed by atoms with Crippen molar-refractivity contribution in [3.8, 4) is 0 Å². The molecule has 0 N–H and O–H groups in total. The van der Waals surface area contributed by atoms with E-state index in [0.717, 1.165) is 31.4 Å². The van der Waals surface area contributed by atoms with Crippen molar-refractivity contribution in [2.45, 2.75) is 32.1 Å². The molecule has 1 unspecified atom stereocenters. The highest BCUT2D eigenvalue weighted by Crippen LogP contribution is 2.33. The van der Waals surface area contributed by atoms with E-state index < -0.39 is 17.5 Å². The molecule has 1 aliphatic carbocycles. The van der Waals surface area contributed by atoms with Crippen molar-refractivity contribution in [1.29, 1.82) is 0 Å². The molecule has 0 spiro atoms. The van der Waals surface area contributed by atoms with Crippen molar-refractivity contribution >= 4 is 34.3 Å². The highest BCUT2D eigenvalue weighted by atomic mass is 35.5. The highest BCUT2D eigenvalue weighted by molar-refractivity contribution is 6.31. The minimum Gasteiger partial charge on any atom is -0.339 e. The smallest absolute Gasteiger partial charge is 0.262 e. The van der Waals surface area contributed by atoms with Gasteiger partial charge in [-0.05, 0) is 68.2 Å². The molecule has 0 bridgehead atoms. The molecule has 4 nitrogen and oxygen atoms in total. The molecule has 1 saturated heterocycles. The molecule has 5 rings (SSSR count). The van der Waals surface area contributed by atoms with E-state index in [4.69, 9.17) is 11.6 Å². The van der Waals surface area contributed by atoms with Gasteiger partial charge in [0.05, 0.1) is 11.1 Å². The number of piperidine rings is 1. The van der Waals surface area contributed by atoms with Gasteiger partial charge in [0.15, 0.2) is 0 Å². The minimum atomic E-state index is -0.843. The number of nitrogens with zero attached hydrogens (tertiary/aromatic N) is 2. The summed E-state index contributed by atoms with van der Waals surface area (Å²) in [5, 5.41) is 0.974. The number of carbonyl (C=O) groups is 2. The van der Waals surface area contributed by atoms with Crippen LogP contribution in [-0.2, 0) is 0 Å². The Balaban J connectivity index is 1.44. The predicted molar refractivity (Wildman–Crippen MR) is 128 cm³/mol. The number of likely N-dealkylation sites (tertiary alicyclic amines) is 1. The maximum atomic E-state index is 13.7. The zero-order valence-electron chi connectivity index (χ0n) is 18.6. The largest absolute Gasteiger partial charge is 0.339 e. The van der Waals surface area contributed by atoms with Gasteiger partial charge in [-0.15, -0.1) is 0 Å². The zero-order chi connectivity index (χ0) is 23.8. The second kappa shape index (κ2) is 9.34. The number of allylic oxidation sites excluding steroid dienone is 2. The molecule has 2 aromatic carbocycles. The van der Waals surface area contributed by atoms with E-state index in [1.807, 2.05) is 4.90 Å². The molecular formula is C27H25ClF2N2O2. The summed E-state index contributed by atoms with van der Waals surface area (Å²) in [7, 11) is 0. The first-order valence-corrected chi connectivity index (χ1v) is 12.1. The molecule has 3 aromatic rings. The minimum absolute atomic E-state index is 0.144. The number of carbonyl (C=O) groups excluding carboxylic acids is 2. The van der Waals surface area contributed by atoms with Gasteiger partial charge in [-0.1, -0.05) is 29.8 Å². The molecule has 176 valence electrons. The van der Waals surface area contributed by atoms with Crippen molar-refractivity contribution in [3.63, 3.8) is 0 Å². The van der Waals surface area contributed by atoms with Crippen LogP contribution in [-0.4, -0.2) is 34.4 Å². The summed E-state index contributed by atoms with van der Waals surface area (Å²) in [5.41, 5.74) is 0.662. The molecule has 1 aliphatic heterocycles. The fourth-order valence-electron chi connectivity index (χ4n) is 5.29. The SMILES string of the molecule is O=C(c1cn(C(=O)c2cc(F)cc(F)c2)c2cc(Cl)ccc12)N1CCC(C2C=CCCC2)CC1. The van der Waals surface area contributed by atoms with Crippen LogP contribution in [0, 0.1) is 23.5 Å². The van der Waals surface area contributed by atoms with Crippen LogP contribution in [0.3, 0.4) is 0 Å². The summed E-state index contributed by atoms with van der Waals surface area (Å²) in [5.74, 6) is -1.28. The van der Waals surface area contributed by atoms with Gasteiger partial charge in [0.2, 0.25) is 0 Å². The van der Waals surface area contributed by atoms with Crippen LogP contribution in [0.25, 0.3) is 10.9 Å². The summed E-state index contributed by atoms with van der Waals surface area (Å²) in [4.78, 5) is 28.5. The molecule has 2 aliphatic rings. The Morgan fingerprint density at radius 1 is 0.941 bits per heavy atom. The summed E-state index contributed by atoms with van der Waals surface area (Å²) in [6, 6.07) is 7.63. The fourth-order valence-corrected chi connectivity index (χ4v) is 5.45. The summed E-state index contributed by atoms with van der Waals surface area (Å²) in [6.07, 6.45) is 11.6. The Kier molecular flexibility index (Phi) is 6.26.